The fourth-order valence-corrected chi connectivity index (χ4v) is 5.58. The Bertz CT molecular complexity index is 620. The Morgan fingerprint density at radius 2 is 2.00 bits per heavy atom. The van der Waals surface area contributed by atoms with Crippen molar-refractivity contribution >= 4 is 11.9 Å². The summed E-state index contributed by atoms with van der Waals surface area (Å²) < 4.78 is 5.84. The van der Waals surface area contributed by atoms with Crippen molar-refractivity contribution in [2.24, 2.45) is 22.7 Å². The highest BCUT2D eigenvalue weighted by molar-refractivity contribution is 5.80. The van der Waals surface area contributed by atoms with Gasteiger partial charge >= 0.3 is 11.9 Å². The molecular formula is C22H34O4. The fourth-order valence-electron chi connectivity index (χ4n) is 5.58. The summed E-state index contributed by atoms with van der Waals surface area (Å²) in [4.78, 5) is 22.9. The van der Waals surface area contributed by atoms with Crippen molar-refractivity contribution in [2.45, 2.75) is 79.2 Å². The van der Waals surface area contributed by atoms with Crippen molar-refractivity contribution in [3.8, 4) is 0 Å². The zero-order valence-electron chi connectivity index (χ0n) is 16.9. The molecule has 0 heterocycles. The van der Waals surface area contributed by atoms with E-state index in [0.717, 1.165) is 37.7 Å². The molecule has 0 bridgehead atoms. The number of esters is 1. The van der Waals surface area contributed by atoms with Crippen LogP contribution in [-0.2, 0) is 14.3 Å². The number of allylic oxidation sites excluding steroid dienone is 1. The highest BCUT2D eigenvalue weighted by Gasteiger charge is 2.57. The van der Waals surface area contributed by atoms with Gasteiger partial charge in [-0.15, -0.1) is 0 Å². The van der Waals surface area contributed by atoms with Crippen LogP contribution in [0.25, 0.3) is 0 Å². The topological polar surface area (TPSA) is 63.6 Å². The van der Waals surface area contributed by atoms with Gasteiger partial charge in [0, 0.05) is 24.8 Å². The average molecular weight is 363 g/mol. The predicted molar refractivity (Wildman–Crippen MR) is 103 cm³/mol. The summed E-state index contributed by atoms with van der Waals surface area (Å²) in [5.41, 5.74) is 1.93. The molecule has 0 aromatic heterocycles. The lowest BCUT2D eigenvalue weighted by molar-refractivity contribution is -0.172. The maximum Gasteiger partial charge on any atom is 0.328 e. The highest BCUT2D eigenvalue weighted by atomic mass is 16.5. The van der Waals surface area contributed by atoms with Gasteiger partial charge < -0.3 is 9.84 Å². The molecule has 0 radical (unpaired) electrons. The Kier molecular flexibility index (Phi) is 6.04. The average Bonchev–Trinajstić information content (AvgIpc) is 2.51. The van der Waals surface area contributed by atoms with E-state index in [2.05, 4.69) is 27.4 Å². The number of carboxylic acid groups (broad SMARTS) is 1. The second-order valence-electron chi connectivity index (χ2n) is 8.90. The molecule has 4 heteroatoms. The van der Waals surface area contributed by atoms with Crippen molar-refractivity contribution in [1.29, 1.82) is 0 Å². The molecule has 0 spiro atoms. The predicted octanol–water partition coefficient (Wildman–Crippen LogP) is 5.14. The van der Waals surface area contributed by atoms with Crippen LogP contribution in [0.5, 0.6) is 0 Å². The third kappa shape index (κ3) is 3.74. The molecule has 4 nitrogen and oxygen atoms in total. The maximum absolute atomic E-state index is 11.9. The van der Waals surface area contributed by atoms with E-state index in [1.807, 2.05) is 0 Å². The molecule has 2 aliphatic rings. The first-order chi connectivity index (χ1) is 12.0. The number of aliphatic carboxylic acids is 1. The molecule has 0 aromatic rings. The van der Waals surface area contributed by atoms with Gasteiger partial charge in [-0.05, 0) is 56.3 Å². The van der Waals surface area contributed by atoms with E-state index in [1.54, 1.807) is 6.92 Å². The number of carboxylic acids is 1. The van der Waals surface area contributed by atoms with Crippen LogP contribution in [0.3, 0.4) is 0 Å². The Morgan fingerprint density at radius 1 is 1.35 bits per heavy atom. The summed E-state index contributed by atoms with van der Waals surface area (Å²) in [6.45, 7) is 14.5. The zero-order chi connectivity index (χ0) is 19.7. The van der Waals surface area contributed by atoms with Gasteiger partial charge in [-0.2, -0.15) is 0 Å². The van der Waals surface area contributed by atoms with E-state index in [9.17, 15) is 9.59 Å². The minimum atomic E-state index is -0.957. The third-order valence-electron chi connectivity index (χ3n) is 7.34. The molecule has 2 fully saturated rings. The van der Waals surface area contributed by atoms with Crippen molar-refractivity contribution in [1.82, 2.24) is 0 Å². The highest BCUT2D eigenvalue weighted by Crippen LogP contribution is 2.63. The van der Waals surface area contributed by atoms with Crippen molar-refractivity contribution in [2.75, 3.05) is 0 Å². The van der Waals surface area contributed by atoms with Crippen LogP contribution in [0.2, 0.25) is 0 Å². The van der Waals surface area contributed by atoms with Crippen LogP contribution < -0.4 is 0 Å². The number of ether oxygens (including phenoxy) is 1. The normalized spacial score (nSPS) is 36.2. The van der Waals surface area contributed by atoms with E-state index in [1.165, 1.54) is 18.6 Å². The summed E-state index contributed by atoms with van der Waals surface area (Å²) in [5.74, 6) is -0.467. The SMILES string of the molecule is C=C1CCC[C@@H]2[C@@](C)([C@H](CC(C)=CC(=O)O)OC(C)=O)[C@H](C)CC[C@@]12C. The van der Waals surface area contributed by atoms with Gasteiger partial charge in [0.2, 0.25) is 0 Å². The number of fused-ring (bicyclic) bond motifs is 1. The second kappa shape index (κ2) is 7.58. The standard InChI is InChI=1S/C22H34O4/c1-14(13-20(24)25)12-19(26-17(4)23)22(6)16(3)10-11-21(5)15(2)8-7-9-18(21)22/h13,16,18-19H,2,7-12H2,1,3-6H3,(H,24,25)/t16-,18+,19+,21+,22+/m1/s1. The number of rotatable bonds is 5. The zero-order valence-corrected chi connectivity index (χ0v) is 16.9. The molecular weight excluding hydrogens is 328 g/mol. The largest absolute Gasteiger partial charge is 0.478 e. The van der Waals surface area contributed by atoms with Crippen LogP contribution >= 0.6 is 0 Å². The van der Waals surface area contributed by atoms with Crippen LogP contribution in [0, 0.1) is 22.7 Å². The van der Waals surface area contributed by atoms with Gasteiger partial charge in [0.15, 0.2) is 0 Å². The number of carbonyl (C=O) groups excluding carboxylic acids is 1. The van der Waals surface area contributed by atoms with Gasteiger partial charge in [0.05, 0.1) is 0 Å². The Balaban J connectivity index is 2.45. The van der Waals surface area contributed by atoms with Crippen molar-refractivity contribution in [3.63, 3.8) is 0 Å². The molecule has 5 atom stereocenters. The first-order valence-corrected chi connectivity index (χ1v) is 9.77. The number of carbonyl (C=O) groups is 2. The monoisotopic (exact) mass is 362 g/mol. The fraction of sp³-hybridized carbons (Fsp3) is 0.727. The van der Waals surface area contributed by atoms with Crippen LogP contribution in [-0.4, -0.2) is 23.1 Å². The van der Waals surface area contributed by atoms with E-state index >= 15 is 0 Å². The van der Waals surface area contributed by atoms with Gasteiger partial charge in [-0.25, -0.2) is 4.79 Å². The smallest absolute Gasteiger partial charge is 0.328 e. The van der Waals surface area contributed by atoms with E-state index in [4.69, 9.17) is 9.84 Å². The first-order valence-electron chi connectivity index (χ1n) is 9.77. The summed E-state index contributed by atoms with van der Waals surface area (Å²) in [7, 11) is 0. The summed E-state index contributed by atoms with van der Waals surface area (Å²) in [6.07, 6.45) is 6.88. The number of hydrogen-bond acceptors (Lipinski definition) is 3. The summed E-state index contributed by atoms with van der Waals surface area (Å²) in [6, 6.07) is 0. The Labute approximate surface area is 157 Å². The third-order valence-corrected chi connectivity index (χ3v) is 7.34. The molecule has 0 aliphatic heterocycles. The van der Waals surface area contributed by atoms with Crippen LogP contribution in [0.1, 0.15) is 73.1 Å². The van der Waals surface area contributed by atoms with Crippen LogP contribution in [0.4, 0.5) is 0 Å². The lowest BCUT2D eigenvalue weighted by Crippen LogP contribution is -2.56. The Hall–Kier alpha value is -1.58. The molecule has 0 aromatic carbocycles. The van der Waals surface area contributed by atoms with Gasteiger partial charge in [0.1, 0.15) is 6.10 Å². The Morgan fingerprint density at radius 3 is 2.58 bits per heavy atom. The molecule has 0 saturated heterocycles. The molecule has 2 aliphatic carbocycles. The molecule has 0 amide bonds. The van der Waals surface area contributed by atoms with Gasteiger partial charge in [-0.1, -0.05) is 38.5 Å². The van der Waals surface area contributed by atoms with E-state index < -0.39 is 5.97 Å². The van der Waals surface area contributed by atoms with Crippen molar-refractivity contribution in [3.05, 3.63) is 23.8 Å². The first kappa shape index (κ1) is 20.7. The lowest BCUT2D eigenvalue weighted by atomic mass is 9.45. The molecule has 0 unspecified atom stereocenters. The maximum atomic E-state index is 11.9. The van der Waals surface area contributed by atoms with Crippen molar-refractivity contribution < 1.29 is 19.4 Å². The minimum Gasteiger partial charge on any atom is -0.478 e. The van der Waals surface area contributed by atoms with Gasteiger partial charge in [0.25, 0.3) is 0 Å². The van der Waals surface area contributed by atoms with Gasteiger partial charge in [-0.3, -0.25) is 4.79 Å². The molecule has 2 rings (SSSR count). The van der Waals surface area contributed by atoms with Crippen LogP contribution in [0.15, 0.2) is 23.8 Å². The lowest BCUT2D eigenvalue weighted by Gasteiger charge is -2.60. The summed E-state index contributed by atoms with van der Waals surface area (Å²) in [5, 5.41) is 9.07. The minimum absolute atomic E-state index is 0.0718. The molecule has 1 N–H and O–H groups in total. The molecule has 2 saturated carbocycles. The number of hydrogen-bond donors (Lipinski definition) is 1. The quantitative estimate of drug-likeness (QED) is 0.418. The molecule has 146 valence electrons. The molecule has 26 heavy (non-hydrogen) atoms. The van der Waals surface area contributed by atoms with E-state index in [-0.39, 0.29) is 22.9 Å². The summed E-state index contributed by atoms with van der Waals surface area (Å²) >= 11 is 0. The van der Waals surface area contributed by atoms with E-state index in [0.29, 0.717) is 18.3 Å². The second-order valence-corrected chi connectivity index (χ2v) is 8.90.